The molecule has 2 unspecified atom stereocenters. The van der Waals surface area contributed by atoms with Gasteiger partial charge in [-0.3, -0.25) is 4.79 Å². The monoisotopic (exact) mass is 226 g/mol. The molecule has 0 amide bonds. The SMILES string of the molecule is Cc1c(F)cc(C2CC2CC(=O)O)cc1F. The van der Waals surface area contributed by atoms with Crippen LogP contribution in [-0.2, 0) is 4.79 Å². The lowest BCUT2D eigenvalue weighted by molar-refractivity contribution is -0.137. The fraction of sp³-hybridized carbons (Fsp3) is 0.417. The van der Waals surface area contributed by atoms with Gasteiger partial charge in [-0.05, 0) is 42.9 Å². The van der Waals surface area contributed by atoms with Gasteiger partial charge < -0.3 is 5.11 Å². The number of aliphatic carboxylic acids is 1. The van der Waals surface area contributed by atoms with E-state index >= 15 is 0 Å². The molecule has 1 N–H and O–H groups in total. The number of rotatable bonds is 3. The van der Waals surface area contributed by atoms with Crippen LogP contribution >= 0.6 is 0 Å². The first-order valence-corrected chi connectivity index (χ1v) is 5.16. The third-order valence-electron chi connectivity index (χ3n) is 3.09. The minimum Gasteiger partial charge on any atom is -0.481 e. The summed E-state index contributed by atoms with van der Waals surface area (Å²) in [4.78, 5) is 10.5. The molecule has 1 aromatic rings. The summed E-state index contributed by atoms with van der Waals surface area (Å²) in [5.74, 6) is -1.95. The van der Waals surface area contributed by atoms with E-state index in [0.29, 0.717) is 12.0 Å². The van der Waals surface area contributed by atoms with Crippen molar-refractivity contribution in [2.24, 2.45) is 5.92 Å². The Morgan fingerprint density at radius 3 is 2.50 bits per heavy atom. The van der Waals surface area contributed by atoms with Gasteiger partial charge in [0.25, 0.3) is 0 Å². The van der Waals surface area contributed by atoms with Crippen molar-refractivity contribution in [1.82, 2.24) is 0 Å². The summed E-state index contributed by atoms with van der Waals surface area (Å²) < 4.78 is 26.5. The molecule has 1 saturated carbocycles. The van der Waals surface area contributed by atoms with Gasteiger partial charge in [-0.15, -0.1) is 0 Å². The van der Waals surface area contributed by atoms with Gasteiger partial charge in [0.15, 0.2) is 0 Å². The van der Waals surface area contributed by atoms with Gasteiger partial charge in [-0.1, -0.05) is 0 Å². The van der Waals surface area contributed by atoms with Gasteiger partial charge in [0.2, 0.25) is 0 Å². The van der Waals surface area contributed by atoms with Crippen molar-refractivity contribution < 1.29 is 18.7 Å². The first-order valence-electron chi connectivity index (χ1n) is 5.16. The van der Waals surface area contributed by atoms with E-state index in [1.165, 1.54) is 19.1 Å². The molecule has 1 aliphatic rings. The molecule has 86 valence electrons. The Kier molecular flexibility index (Phi) is 2.66. The molecular formula is C12H12F2O2. The predicted molar refractivity (Wildman–Crippen MR) is 54.2 cm³/mol. The summed E-state index contributed by atoms with van der Waals surface area (Å²) in [6.07, 6.45) is 0.774. The van der Waals surface area contributed by atoms with Gasteiger partial charge in [0, 0.05) is 12.0 Å². The molecule has 2 nitrogen and oxygen atoms in total. The van der Waals surface area contributed by atoms with Crippen molar-refractivity contribution >= 4 is 5.97 Å². The first-order chi connectivity index (χ1) is 7.49. The predicted octanol–water partition coefficient (Wildman–Crippen LogP) is 2.85. The number of carboxylic acids is 1. The molecule has 0 aromatic heterocycles. The number of carboxylic acid groups (broad SMARTS) is 1. The standard InChI is InChI=1S/C12H12F2O2/c1-6-10(13)3-8(4-11(6)14)9-2-7(9)5-12(15)16/h3-4,7,9H,2,5H2,1H3,(H,15,16). The molecular weight excluding hydrogens is 214 g/mol. The van der Waals surface area contributed by atoms with Gasteiger partial charge in [-0.25, -0.2) is 8.78 Å². The van der Waals surface area contributed by atoms with Crippen LogP contribution in [-0.4, -0.2) is 11.1 Å². The topological polar surface area (TPSA) is 37.3 Å². The number of carbonyl (C=O) groups is 1. The summed E-state index contributed by atoms with van der Waals surface area (Å²) in [6, 6.07) is 2.62. The smallest absolute Gasteiger partial charge is 0.303 e. The minimum atomic E-state index is -0.861. The zero-order chi connectivity index (χ0) is 11.9. The normalized spacial score (nSPS) is 23.2. The van der Waals surface area contributed by atoms with Gasteiger partial charge in [0.05, 0.1) is 0 Å². The first kappa shape index (κ1) is 11.0. The molecule has 4 heteroatoms. The van der Waals surface area contributed by atoms with E-state index in [2.05, 4.69) is 0 Å². The fourth-order valence-electron chi connectivity index (χ4n) is 1.98. The lowest BCUT2D eigenvalue weighted by Crippen LogP contribution is -1.98. The van der Waals surface area contributed by atoms with Crippen LogP contribution in [0.4, 0.5) is 8.78 Å². The molecule has 0 saturated heterocycles. The third kappa shape index (κ3) is 2.05. The van der Waals surface area contributed by atoms with Gasteiger partial charge >= 0.3 is 5.97 Å². The fourth-order valence-corrected chi connectivity index (χ4v) is 1.98. The Balaban J connectivity index is 2.15. The van der Waals surface area contributed by atoms with E-state index in [9.17, 15) is 13.6 Å². The van der Waals surface area contributed by atoms with Crippen LogP contribution in [0.25, 0.3) is 0 Å². The van der Waals surface area contributed by atoms with Crippen LogP contribution in [0.1, 0.15) is 29.9 Å². The maximum absolute atomic E-state index is 13.3. The van der Waals surface area contributed by atoms with E-state index in [1.807, 2.05) is 0 Å². The molecule has 0 bridgehead atoms. The highest BCUT2D eigenvalue weighted by Gasteiger charge is 2.40. The average molecular weight is 226 g/mol. The summed E-state index contributed by atoms with van der Waals surface area (Å²) >= 11 is 0. The second-order valence-electron chi connectivity index (χ2n) is 4.31. The van der Waals surface area contributed by atoms with Crippen molar-refractivity contribution in [1.29, 1.82) is 0 Å². The highest BCUT2D eigenvalue weighted by molar-refractivity contribution is 5.67. The molecule has 1 aliphatic carbocycles. The van der Waals surface area contributed by atoms with Crippen molar-refractivity contribution in [3.63, 3.8) is 0 Å². The average Bonchev–Trinajstić information content (AvgIpc) is 2.91. The Morgan fingerprint density at radius 2 is 2.00 bits per heavy atom. The Bertz CT molecular complexity index is 420. The molecule has 2 rings (SSSR count). The van der Waals surface area contributed by atoms with Gasteiger partial charge in [0.1, 0.15) is 11.6 Å². The molecule has 1 aromatic carbocycles. The molecule has 0 heterocycles. The molecule has 1 fully saturated rings. The van der Waals surface area contributed by atoms with Crippen molar-refractivity contribution in [3.8, 4) is 0 Å². The second kappa shape index (κ2) is 3.85. The lowest BCUT2D eigenvalue weighted by Gasteiger charge is -2.04. The second-order valence-corrected chi connectivity index (χ2v) is 4.31. The zero-order valence-corrected chi connectivity index (χ0v) is 8.84. The summed E-state index contributed by atoms with van der Waals surface area (Å²) in [5.41, 5.74) is 0.589. The van der Waals surface area contributed by atoms with Crippen molar-refractivity contribution in [2.75, 3.05) is 0 Å². The number of hydrogen-bond donors (Lipinski definition) is 1. The third-order valence-corrected chi connectivity index (χ3v) is 3.09. The van der Waals surface area contributed by atoms with Crippen LogP contribution < -0.4 is 0 Å². The Morgan fingerprint density at radius 1 is 1.44 bits per heavy atom. The maximum atomic E-state index is 13.3. The summed E-state index contributed by atoms with van der Waals surface area (Å²) in [6.45, 7) is 1.38. The number of hydrogen-bond acceptors (Lipinski definition) is 1. The Labute approximate surface area is 91.9 Å². The summed E-state index contributed by atoms with van der Waals surface area (Å²) in [7, 11) is 0. The van der Waals surface area contributed by atoms with Crippen LogP contribution in [0.3, 0.4) is 0 Å². The van der Waals surface area contributed by atoms with Crippen molar-refractivity contribution in [2.45, 2.75) is 25.7 Å². The Hall–Kier alpha value is -1.45. The van der Waals surface area contributed by atoms with E-state index in [4.69, 9.17) is 5.11 Å². The van der Waals surface area contributed by atoms with Crippen LogP contribution in [0.2, 0.25) is 0 Å². The van der Waals surface area contributed by atoms with Crippen LogP contribution in [0, 0.1) is 24.5 Å². The van der Waals surface area contributed by atoms with Crippen molar-refractivity contribution in [3.05, 3.63) is 34.9 Å². The van der Waals surface area contributed by atoms with Gasteiger partial charge in [-0.2, -0.15) is 0 Å². The highest BCUT2D eigenvalue weighted by atomic mass is 19.1. The van der Waals surface area contributed by atoms with E-state index in [-0.39, 0.29) is 23.8 Å². The molecule has 0 aliphatic heterocycles. The number of halogens is 2. The molecule has 0 radical (unpaired) electrons. The molecule has 2 atom stereocenters. The van der Waals surface area contributed by atoms with Crippen LogP contribution in [0.5, 0.6) is 0 Å². The van der Waals surface area contributed by atoms with E-state index in [0.717, 1.165) is 0 Å². The minimum absolute atomic E-state index is 0.000648. The van der Waals surface area contributed by atoms with E-state index < -0.39 is 17.6 Å². The lowest BCUT2D eigenvalue weighted by atomic mass is 10.1. The molecule has 16 heavy (non-hydrogen) atoms. The molecule has 0 spiro atoms. The quantitative estimate of drug-likeness (QED) is 0.860. The number of benzene rings is 1. The maximum Gasteiger partial charge on any atom is 0.303 e. The largest absolute Gasteiger partial charge is 0.481 e. The van der Waals surface area contributed by atoms with E-state index in [1.54, 1.807) is 0 Å². The summed E-state index contributed by atoms with van der Waals surface area (Å²) in [5, 5.41) is 8.59. The zero-order valence-electron chi connectivity index (χ0n) is 8.84. The highest BCUT2D eigenvalue weighted by Crippen LogP contribution is 2.49. The van der Waals surface area contributed by atoms with Crippen LogP contribution in [0.15, 0.2) is 12.1 Å².